The fraction of sp³-hybridized carbons (Fsp3) is 0.400. The molecule has 2 aromatic rings. The average Bonchev–Trinajstić information content (AvgIpc) is 3.22. The van der Waals surface area contributed by atoms with Crippen LogP contribution in [0, 0.1) is 17.0 Å². The third-order valence-corrected chi connectivity index (χ3v) is 5.68. The molecule has 2 heterocycles. The zero-order chi connectivity index (χ0) is 18.2. The molecule has 134 valence electrons. The van der Waals surface area contributed by atoms with Gasteiger partial charge in [0, 0.05) is 18.7 Å². The van der Waals surface area contributed by atoms with Crippen molar-refractivity contribution in [3.8, 4) is 0 Å². The molecule has 1 atom stereocenters. The topological polar surface area (TPSA) is 119 Å². The Labute approximate surface area is 144 Å². The van der Waals surface area contributed by atoms with Gasteiger partial charge in [-0.1, -0.05) is 5.16 Å². The van der Waals surface area contributed by atoms with Crippen LogP contribution in [0.25, 0.3) is 0 Å². The Morgan fingerprint density at radius 2 is 2.16 bits per heavy atom. The van der Waals surface area contributed by atoms with E-state index in [4.69, 9.17) is 4.52 Å². The minimum atomic E-state index is -3.76. The van der Waals surface area contributed by atoms with E-state index in [2.05, 4.69) is 9.88 Å². The number of hydrogen-bond acceptors (Lipinski definition) is 7. The van der Waals surface area contributed by atoms with Crippen molar-refractivity contribution in [2.45, 2.75) is 30.7 Å². The predicted octanol–water partition coefficient (Wildman–Crippen LogP) is 2.14. The van der Waals surface area contributed by atoms with Crippen molar-refractivity contribution >= 4 is 21.4 Å². The summed E-state index contributed by atoms with van der Waals surface area (Å²) in [4.78, 5) is 12.7. The number of nitrogens with one attached hydrogen (secondary N) is 1. The fourth-order valence-corrected chi connectivity index (χ4v) is 3.83. The number of nitro groups is 1. The van der Waals surface area contributed by atoms with E-state index in [1.165, 1.54) is 19.2 Å². The SMILES string of the molecule is CNS(=O)(=O)c1ccc(N2CCC[C@@H]2c2cc(C)on2)c([N+](=O)[O-])c1. The molecule has 9 nitrogen and oxygen atoms in total. The molecule has 0 aliphatic carbocycles. The molecule has 1 N–H and O–H groups in total. The van der Waals surface area contributed by atoms with Gasteiger partial charge in [0.15, 0.2) is 0 Å². The van der Waals surface area contributed by atoms with E-state index < -0.39 is 14.9 Å². The molecule has 25 heavy (non-hydrogen) atoms. The fourth-order valence-electron chi connectivity index (χ4n) is 3.08. The summed E-state index contributed by atoms with van der Waals surface area (Å²) in [7, 11) is -2.49. The zero-order valence-corrected chi connectivity index (χ0v) is 14.6. The zero-order valence-electron chi connectivity index (χ0n) is 13.8. The number of aryl methyl sites for hydroxylation is 1. The minimum absolute atomic E-state index is 0.136. The summed E-state index contributed by atoms with van der Waals surface area (Å²) in [6, 6.07) is 5.62. The molecule has 0 bridgehead atoms. The highest BCUT2D eigenvalue weighted by Gasteiger charge is 2.33. The average molecular weight is 366 g/mol. The maximum atomic E-state index is 11.9. The quantitative estimate of drug-likeness (QED) is 0.636. The van der Waals surface area contributed by atoms with Gasteiger partial charge < -0.3 is 9.42 Å². The number of anilines is 1. The summed E-state index contributed by atoms with van der Waals surface area (Å²) in [5.41, 5.74) is 0.850. The van der Waals surface area contributed by atoms with Crippen LogP contribution >= 0.6 is 0 Å². The van der Waals surface area contributed by atoms with Crippen molar-refractivity contribution in [3.05, 3.63) is 45.8 Å². The maximum Gasteiger partial charge on any atom is 0.293 e. The van der Waals surface area contributed by atoms with Crippen molar-refractivity contribution < 1.29 is 17.9 Å². The molecule has 0 radical (unpaired) electrons. The van der Waals surface area contributed by atoms with E-state index in [0.29, 0.717) is 18.0 Å². The van der Waals surface area contributed by atoms with Crippen LogP contribution in [0.5, 0.6) is 0 Å². The Balaban J connectivity index is 2.05. The molecule has 3 rings (SSSR count). The number of nitrogens with zero attached hydrogens (tertiary/aromatic N) is 3. The third kappa shape index (κ3) is 3.22. The van der Waals surface area contributed by atoms with Gasteiger partial charge in [-0.25, -0.2) is 13.1 Å². The van der Waals surface area contributed by atoms with Gasteiger partial charge >= 0.3 is 0 Å². The highest BCUT2D eigenvalue weighted by molar-refractivity contribution is 7.89. The Morgan fingerprint density at radius 1 is 1.40 bits per heavy atom. The number of sulfonamides is 1. The third-order valence-electron chi connectivity index (χ3n) is 4.27. The van der Waals surface area contributed by atoms with E-state index in [0.717, 1.165) is 24.6 Å². The molecular formula is C15H18N4O5S. The molecule has 1 aliphatic heterocycles. The van der Waals surface area contributed by atoms with Gasteiger partial charge in [-0.3, -0.25) is 10.1 Å². The van der Waals surface area contributed by atoms with E-state index >= 15 is 0 Å². The van der Waals surface area contributed by atoms with E-state index in [1.54, 1.807) is 6.92 Å². The van der Waals surface area contributed by atoms with Crippen molar-refractivity contribution in [2.24, 2.45) is 0 Å². The van der Waals surface area contributed by atoms with Gasteiger partial charge in [0.2, 0.25) is 10.0 Å². The van der Waals surface area contributed by atoms with Crippen LogP contribution in [0.3, 0.4) is 0 Å². The largest absolute Gasteiger partial charge is 0.361 e. The lowest BCUT2D eigenvalue weighted by molar-refractivity contribution is -0.384. The second kappa shape index (κ2) is 6.45. The molecule has 1 aromatic carbocycles. The van der Waals surface area contributed by atoms with Crippen LogP contribution < -0.4 is 9.62 Å². The van der Waals surface area contributed by atoms with Gasteiger partial charge in [-0.2, -0.15) is 0 Å². The molecule has 1 aromatic heterocycles. The number of hydrogen-bond donors (Lipinski definition) is 1. The van der Waals surface area contributed by atoms with Gasteiger partial charge in [-0.15, -0.1) is 0 Å². The first-order chi connectivity index (χ1) is 11.8. The van der Waals surface area contributed by atoms with Gasteiger partial charge in [0.05, 0.1) is 15.9 Å². The minimum Gasteiger partial charge on any atom is -0.361 e. The highest BCUT2D eigenvalue weighted by atomic mass is 32.2. The summed E-state index contributed by atoms with van der Waals surface area (Å²) in [6.45, 7) is 2.41. The summed E-state index contributed by atoms with van der Waals surface area (Å²) in [5.74, 6) is 0.673. The molecule has 0 saturated carbocycles. The summed E-state index contributed by atoms with van der Waals surface area (Å²) in [5, 5.41) is 15.5. The number of nitro benzene ring substituents is 1. The predicted molar refractivity (Wildman–Crippen MR) is 89.9 cm³/mol. The molecule has 1 aliphatic rings. The van der Waals surface area contributed by atoms with Crippen LogP contribution in [0.15, 0.2) is 33.7 Å². The lowest BCUT2D eigenvalue weighted by Crippen LogP contribution is -2.24. The highest BCUT2D eigenvalue weighted by Crippen LogP contribution is 2.40. The molecule has 1 saturated heterocycles. The standard InChI is InChI=1S/C15H18N4O5S/c1-10-8-12(17-24-10)13-4-3-7-18(13)14-6-5-11(25(22,23)16-2)9-15(14)19(20)21/h5-6,8-9,13,16H,3-4,7H2,1-2H3/t13-/m1/s1. The first-order valence-corrected chi connectivity index (χ1v) is 9.23. The maximum absolute atomic E-state index is 11.9. The Kier molecular flexibility index (Phi) is 4.48. The lowest BCUT2D eigenvalue weighted by Gasteiger charge is -2.25. The number of aromatic nitrogens is 1. The molecule has 0 spiro atoms. The van der Waals surface area contributed by atoms with Gasteiger partial charge in [0.25, 0.3) is 5.69 Å². The normalized spacial score (nSPS) is 17.8. The molecule has 0 amide bonds. The first-order valence-electron chi connectivity index (χ1n) is 7.75. The van der Waals surface area contributed by atoms with Crippen molar-refractivity contribution in [2.75, 3.05) is 18.5 Å². The molecule has 10 heteroatoms. The van der Waals surface area contributed by atoms with Crippen molar-refractivity contribution in [1.82, 2.24) is 9.88 Å². The van der Waals surface area contributed by atoms with Gasteiger partial charge in [0.1, 0.15) is 17.1 Å². The van der Waals surface area contributed by atoms with Crippen LogP contribution in [-0.4, -0.2) is 32.1 Å². The van der Waals surface area contributed by atoms with E-state index in [1.807, 2.05) is 11.0 Å². The molecule has 1 fully saturated rings. The van der Waals surface area contributed by atoms with Crippen LogP contribution in [0.4, 0.5) is 11.4 Å². The summed E-state index contributed by atoms with van der Waals surface area (Å²) < 4.78 is 31.1. The second-order valence-electron chi connectivity index (χ2n) is 5.83. The molecule has 0 unspecified atom stereocenters. The van der Waals surface area contributed by atoms with Crippen LogP contribution in [0.1, 0.15) is 30.3 Å². The summed E-state index contributed by atoms with van der Waals surface area (Å²) in [6.07, 6.45) is 1.64. The Morgan fingerprint density at radius 3 is 2.76 bits per heavy atom. The van der Waals surface area contributed by atoms with Crippen LogP contribution in [0.2, 0.25) is 0 Å². The smallest absolute Gasteiger partial charge is 0.293 e. The lowest BCUT2D eigenvalue weighted by atomic mass is 10.1. The Hall–Kier alpha value is -2.46. The number of rotatable bonds is 5. The van der Waals surface area contributed by atoms with Crippen molar-refractivity contribution in [3.63, 3.8) is 0 Å². The summed E-state index contributed by atoms with van der Waals surface area (Å²) >= 11 is 0. The van der Waals surface area contributed by atoms with Crippen LogP contribution in [-0.2, 0) is 10.0 Å². The second-order valence-corrected chi connectivity index (χ2v) is 7.72. The monoisotopic (exact) mass is 366 g/mol. The van der Waals surface area contributed by atoms with E-state index in [-0.39, 0.29) is 16.6 Å². The number of benzene rings is 1. The molecular weight excluding hydrogens is 348 g/mol. The van der Waals surface area contributed by atoms with Gasteiger partial charge in [-0.05, 0) is 38.9 Å². The van der Waals surface area contributed by atoms with Crippen molar-refractivity contribution in [1.29, 1.82) is 0 Å². The Bertz CT molecular complexity index is 908. The first kappa shape index (κ1) is 17.4. The van der Waals surface area contributed by atoms with E-state index in [9.17, 15) is 18.5 Å².